The molecule has 2 rings (SSSR count). The number of hydrogen-bond donors (Lipinski definition) is 1. The van der Waals surface area contributed by atoms with Crippen molar-refractivity contribution in [2.75, 3.05) is 25.8 Å². The minimum absolute atomic E-state index is 0.176. The molecule has 0 spiro atoms. The Bertz CT molecular complexity index is 863. The summed E-state index contributed by atoms with van der Waals surface area (Å²) in [5.74, 6) is 0.265. The van der Waals surface area contributed by atoms with Gasteiger partial charge in [-0.25, -0.2) is 8.42 Å². The van der Waals surface area contributed by atoms with Crippen LogP contribution < -0.4 is 14.8 Å². The average molecular weight is 370 g/mol. The van der Waals surface area contributed by atoms with Crippen LogP contribution in [0.15, 0.2) is 41.3 Å². The maximum Gasteiger partial charge on any atom is 0.255 e. The van der Waals surface area contributed by atoms with Crippen LogP contribution in [0.25, 0.3) is 0 Å². The topological polar surface area (TPSA) is 81.7 Å². The molecule has 0 fully saturated rings. The first-order chi connectivity index (χ1) is 11.3. The fraction of sp³-hybridized carbons (Fsp3) is 0.188. The molecule has 0 aliphatic rings. The van der Waals surface area contributed by atoms with E-state index in [2.05, 4.69) is 5.32 Å². The number of carbonyl (C=O) groups is 1. The fourth-order valence-electron chi connectivity index (χ4n) is 2.04. The molecule has 1 N–H and O–H groups in total. The van der Waals surface area contributed by atoms with Gasteiger partial charge in [-0.3, -0.25) is 4.79 Å². The number of amides is 1. The zero-order chi connectivity index (χ0) is 17.9. The van der Waals surface area contributed by atoms with Crippen LogP contribution in [0.4, 0.5) is 5.69 Å². The number of methoxy groups -OCH3 is 2. The highest BCUT2D eigenvalue weighted by Gasteiger charge is 2.15. The van der Waals surface area contributed by atoms with Crippen molar-refractivity contribution in [3.05, 3.63) is 47.0 Å². The van der Waals surface area contributed by atoms with Crippen LogP contribution in [-0.4, -0.2) is 34.8 Å². The third-order valence-corrected chi connectivity index (χ3v) is 4.65. The lowest BCUT2D eigenvalue weighted by molar-refractivity contribution is 0.102. The van der Waals surface area contributed by atoms with Gasteiger partial charge in [0.05, 0.1) is 24.1 Å². The van der Waals surface area contributed by atoms with E-state index in [0.717, 1.165) is 6.26 Å². The summed E-state index contributed by atoms with van der Waals surface area (Å²) in [7, 11) is -0.388. The van der Waals surface area contributed by atoms with Gasteiger partial charge >= 0.3 is 0 Å². The number of nitrogens with one attached hydrogen (secondary N) is 1. The number of anilines is 1. The zero-order valence-electron chi connectivity index (χ0n) is 13.3. The standard InChI is InChI=1S/C16H16ClNO5S/c1-22-14-9-10(8-13(17)15(14)23-2)16(19)18-11-4-6-12(7-5-11)24(3,20)21/h4-9H,1-3H3,(H,18,19). The monoisotopic (exact) mass is 369 g/mol. The van der Waals surface area contributed by atoms with Crippen molar-refractivity contribution in [1.82, 2.24) is 0 Å². The van der Waals surface area contributed by atoms with Gasteiger partial charge in [0.15, 0.2) is 21.3 Å². The third kappa shape index (κ3) is 3.98. The Morgan fingerprint density at radius 1 is 1.08 bits per heavy atom. The van der Waals surface area contributed by atoms with E-state index in [1.807, 2.05) is 0 Å². The highest BCUT2D eigenvalue weighted by Crippen LogP contribution is 2.36. The first kappa shape index (κ1) is 18.1. The van der Waals surface area contributed by atoms with Gasteiger partial charge in [-0.1, -0.05) is 11.6 Å². The predicted octanol–water partition coefficient (Wildman–Crippen LogP) is 3.01. The quantitative estimate of drug-likeness (QED) is 0.876. The van der Waals surface area contributed by atoms with E-state index in [1.165, 1.54) is 50.6 Å². The van der Waals surface area contributed by atoms with E-state index in [4.69, 9.17) is 21.1 Å². The van der Waals surface area contributed by atoms with Gasteiger partial charge in [0.1, 0.15) is 0 Å². The second-order valence-corrected chi connectivity index (χ2v) is 7.37. The lowest BCUT2D eigenvalue weighted by Gasteiger charge is -2.12. The maximum absolute atomic E-state index is 12.3. The molecule has 0 aromatic heterocycles. The number of benzene rings is 2. The summed E-state index contributed by atoms with van der Waals surface area (Å²) >= 11 is 6.08. The first-order valence-corrected chi connectivity index (χ1v) is 9.06. The molecule has 128 valence electrons. The molecule has 0 aliphatic heterocycles. The summed E-state index contributed by atoms with van der Waals surface area (Å²) in [6, 6.07) is 8.83. The lowest BCUT2D eigenvalue weighted by Crippen LogP contribution is -2.12. The first-order valence-electron chi connectivity index (χ1n) is 6.79. The third-order valence-electron chi connectivity index (χ3n) is 3.24. The second-order valence-electron chi connectivity index (χ2n) is 4.94. The molecule has 0 saturated heterocycles. The molecule has 0 unspecified atom stereocenters. The van der Waals surface area contributed by atoms with Crippen LogP contribution in [0, 0.1) is 0 Å². The number of hydrogen-bond acceptors (Lipinski definition) is 5. The Kier molecular flexibility index (Phi) is 5.36. The number of halogens is 1. The second kappa shape index (κ2) is 7.11. The smallest absolute Gasteiger partial charge is 0.255 e. The Morgan fingerprint density at radius 2 is 1.71 bits per heavy atom. The summed E-state index contributed by atoms with van der Waals surface area (Å²) in [6.07, 6.45) is 1.12. The summed E-state index contributed by atoms with van der Waals surface area (Å²) in [5, 5.41) is 2.91. The molecule has 0 atom stereocenters. The number of sulfone groups is 1. The molecule has 0 heterocycles. The Labute approximate surface area is 145 Å². The molecule has 0 saturated carbocycles. The largest absolute Gasteiger partial charge is 0.493 e. The van der Waals surface area contributed by atoms with E-state index in [-0.39, 0.29) is 15.5 Å². The minimum Gasteiger partial charge on any atom is -0.493 e. The molecule has 2 aromatic carbocycles. The maximum atomic E-state index is 12.3. The SMILES string of the molecule is COc1cc(C(=O)Nc2ccc(S(C)(=O)=O)cc2)cc(Cl)c1OC. The van der Waals surface area contributed by atoms with Gasteiger partial charge in [-0.05, 0) is 36.4 Å². The highest BCUT2D eigenvalue weighted by molar-refractivity contribution is 7.90. The van der Waals surface area contributed by atoms with Crippen LogP contribution in [-0.2, 0) is 9.84 Å². The molecule has 24 heavy (non-hydrogen) atoms. The predicted molar refractivity (Wildman–Crippen MR) is 92.1 cm³/mol. The zero-order valence-corrected chi connectivity index (χ0v) is 14.9. The van der Waals surface area contributed by atoms with Crippen molar-refractivity contribution >= 4 is 33.0 Å². The van der Waals surface area contributed by atoms with Crippen LogP contribution in [0.3, 0.4) is 0 Å². The van der Waals surface area contributed by atoms with Crippen LogP contribution >= 0.6 is 11.6 Å². The number of carbonyl (C=O) groups excluding carboxylic acids is 1. The molecular formula is C16H16ClNO5S. The van der Waals surface area contributed by atoms with Crippen molar-refractivity contribution in [1.29, 1.82) is 0 Å². The number of rotatable bonds is 5. The van der Waals surface area contributed by atoms with E-state index in [9.17, 15) is 13.2 Å². The van der Waals surface area contributed by atoms with Gasteiger partial charge in [0.25, 0.3) is 5.91 Å². The molecule has 0 bridgehead atoms. The molecule has 2 aromatic rings. The Morgan fingerprint density at radius 3 is 2.21 bits per heavy atom. The van der Waals surface area contributed by atoms with Crippen molar-refractivity contribution < 1.29 is 22.7 Å². The van der Waals surface area contributed by atoms with Crippen molar-refractivity contribution in [3.8, 4) is 11.5 Å². The molecule has 0 aliphatic carbocycles. The van der Waals surface area contributed by atoms with Crippen LogP contribution in [0.2, 0.25) is 5.02 Å². The molecule has 0 radical (unpaired) electrons. The lowest BCUT2D eigenvalue weighted by atomic mass is 10.1. The summed E-state index contributed by atoms with van der Waals surface area (Å²) in [5.41, 5.74) is 0.739. The van der Waals surface area contributed by atoms with E-state index in [1.54, 1.807) is 0 Å². The van der Waals surface area contributed by atoms with E-state index < -0.39 is 15.7 Å². The number of ether oxygens (including phenoxy) is 2. The molecular weight excluding hydrogens is 354 g/mol. The fourth-order valence-corrected chi connectivity index (χ4v) is 2.96. The Hall–Kier alpha value is -2.25. The van der Waals surface area contributed by atoms with Gasteiger partial charge in [-0.2, -0.15) is 0 Å². The van der Waals surface area contributed by atoms with Crippen molar-refractivity contribution in [2.45, 2.75) is 4.90 Å². The summed E-state index contributed by atoms with van der Waals surface area (Å²) in [6.45, 7) is 0. The van der Waals surface area contributed by atoms with Gasteiger partial charge in [-0.15, -0.1) is 0 Å². The van der Waals surface area contributed by atoms with Gasteiger partial charge in [0, 0.05) is 17.5 Å². The van der Waals surface area contributed by atoms with Crippen molar-refractivity contribution in [2.24, 2.45) is 0 Å². The normalized spacial score (nSPS) is 11.0. The van der Waals surface area contributed by atoms with Gasteiger partial charge < -0.3 is 14.8 Å². The van der Waals surface area contributed by atoms with Crippen molar-refractivity contribution in [3.63, 3.8) is 0 Å². The van der Waals surface area contributed by atoms with E-state index >= 15 is 0 Å². The highest BCUT2D eigenvalue weighted by atomic mass is 35.5. The van der Waals surface area contributed by atoms with Crippen LogP contribution in [0.5, 0.6) is 11.5 Å². The Balaban J connectivity index is 2.25. The minimum atomic E-state index is -3.28. The van der Waals surface area contributed by atoms with E-state index in [0.29, 0.717) is 17.2 Å². The average Bonchev–Trinajstić information content (AvgIpc) is 2.53. The molecule has 1 amide bonds. The van der Waals surface area contributed by atoms with Gasteiger partial charge in [0.2, 0.25) is 0 Å². The molecule has 6 nitrogen and oxygen atoms in total. The summed E-state index contributed by atoms with van der Waals surface area (Å²) in [4.78, 5) is 12.5. The van der Waals surface area contributed by atoms with Crippen LogP contribution in [0.1, 0.15) is 10.4 Å². The summed E-state index contributed by atoms with van der Waals surface area (Å²) < 4.78 is 33.1. The molecule has 8 heteroatoms.